The third-order valence-electron chi connectivity index (χ3n) is 4.34. The summed E-state index contributed by atoms with van der Waals surface area (Å²) >= 11 is 6.26. The predicted octanol–water partition coefficient (Wildman–Crippen LogP) is 1.89. The molecule has 1 aromatic heterocycles. The van der Waals surface area contributed by atoms with E-state index in [1.54, 1.807) is 0 Å². The van der Waals surface area contributed by atoms with Crippen LogP contribution in [-0.2, 0) is 0 Å². The van der Waals surface area contributed by atoms with E-state index in [9.17, 15) is 9.59 Å². The number of anilines is 2. The largest absolute Gasteiger partial charge is 0.367 e. The lowest BCUT2D eigenvalue weighted by atomic mass is 10.2. The van der Waals surface area contributed by atoms with Crippen LogP contribution in [0, 0.1) is 0 Å². The number of benzene rings is 1. The molecule has 0 spiro atoms. The van der Waals surface area contributed by atoms with Gasteiger partial charge < -0.3 is 15.1 Å². The number of hydrogen-bond acceptors (Lipinski definition) is 5. The van der Waals surface area contributed by atoms with Crippen LogP contribution in [-0.4, -0.2) is 48.6 Å². The SMILES string of the molecule is CCCNC(=O)c1cnc(N2CCN(c3ccccc3Cl)CC2)[nH]c1=O. The number of nitrogens with one attached hydrogen (secondary N) is 2. The predicted molar refractivity (Wildman–Crippen MR) is 103 cm³/mol. The van der Waals surface area contributed by atoms with Crippen molar-refractivity contribution in [3.63, 3.8) is 0 Å². The number of H-pyrrole nitrogens is 1. The summed E-state index contributed by atoms with van der Waals surface area (Å²) in [7, 11) is 0. The van der Waals surface area contributed by atoms with Gasteiger partial charge >= 0.3 is 0 Å². The van der Waals surface area contributed by atoms with Gasteiger partial charge in [-0.2, -0.15) is 0 Å². The van der Waals surface area contributed by atoms with Gasteiger partial charge in [0, 0.05) is 38.9 Å². The van der Waals surface area contributed by atoms with Crippen molar-refractivity contribution in [1.82, 2.24) is 15.3 Å². The molecular formula is C18H22ClN5O2. The van der Waals surface area contributed by atoms with Gasteiger partial charge in [0.05, 0.1) is 10.7 Å². The van der Waals surface area contributed by atoms with Crippen LogP contribution in [0.1, 0.15) is 23.7 Å². The minimum Gasteiger partial charge on any atom is -0.367 e. The van der Waals surface area contributed by atoms with Crippen LogP contribution >= 0.6 is 11.6 Å². The number of carbonyl (C=O) groups excluding carboxylic acids is 1. The molecule has 2 heterocycles. The van der Waals surface area contributed by atoms with E-state index in [4.69, 9.17) is 11.6 Å². The Hall–Kier alpha value is -2.54. The van der Waals surface area contributed by atoms with Crippen LogP contribution in [0.25, 0.3) is 0 Å². The Balaban J connectivity index is 1.66. The highest BCUT2D eigenvalue weighted by molar-refractivity contribution is 6.33. The van der Waals surface area contributed by atoms with E-state index in [-0.39, 0.29) is 5.56 Å². The number of piperazine rings is 1. The third-order valence-corrected chi connectivity index (χ3v) is 4.66. The second-order valence-corrected chi connectivity index (χ2v) is 6.54. The van der Waals surface area contributed by atoms with Crippen molar-refractivity contribution >= 4 is 29.1 Å². The highest BCUT2D eigenvalue weighted by Gasteiger charge is 2.21. The van der Waals surface area contributed by atoms with Gasteiger partial charge in [0.1, 0.15) is 5.56 Å². The van der Waals surface area contributed by atoms with E-state index < -0.39 is 11.5 Å². The van der Waals surface area contributed by atoms with Crippen molar-refractivity contribution in [2.45, 2.75) is 13.3 Å². The van der Waals surface area contributed by atoms with Crippen LogP contribution in [0.5, 0.6) is 0 Å². The first-order chi connectivity index (χ1) is 12.6. The molecule has 0 aliphatic carbocycles. The molecule has 0 unspecified atom stereocenters. The molecule has 1 fully saturated rings. The van der Waals surface area contributed by atoms with Gasteiger partial charge in [-0.1, -0.05) is 30.7 Å². The summed E-state index contributed by atoms with van der Waals surface area (Å²) in [4.78, 5) is 35.4. The maximum Gasteiger partial charge on any atom is 0.265 e. The molecule has 0 atom stereocenters. The lowest BCUT2D eigenvalue weighted by Gasteiger charge is -2.36. The topological polar surface area (TPSA) is 81.3 Å². The second kappa shape index (κ2) is 8.23. The van der Waals surface area contributed by atoms with E-state index >= 15 is 0 Å². The van der Waals surface area contributed by atoms with Crippen LogP contribution < -0.4 is 20.7 Å². The fourth-order valence-corrected chi connectivity index (χ4v) is 3.16. The highest BCUT2D eigenvalue weighted by Crippen LogP contribution is 2.26. The number of nitrogens with zero attached hydrogens (tertiary/aromatic N) is 3. The van der Waals surface area contributed by atoms with E-state index in [1.165, 1.54) is 6.20 Å². The summed E-state index contributed by atoms with van der Waals surface area (Å²) in [5, 5.41) is 3.42. The number of carbonyl (C=O) groups is 1. The Kier molecular flexibility index (Phi) is 5.78. The number of halogens is 1. The van der Waals surface area contributed by atoms with Gasteiger partial charge in [-0.15, -0.1) is 0 Å². The van der Waals surface area contributed by atoms with E-state index in [0.29, 0.717) is 25.6 Å². The summed E-state index contributed by atoms with van der Waals surface area (Å²) < 4.78 is 0. The van der Waals surface area contributed by atoms with Gasteiger partial charge in [0.15, 0.2) is 0 Å². The lowest BCUT2D eigenvalue weighted by molar-refractivity contribution is 0.0951. The molecule has 1 aliphatic rings. The first-order valence-corrected chi connectivity index (χ1v) is 9.10. The Morgan fingerprint density at radius 3 is 2.58 bits per heavy atom. The van der Waals surface area contributed by atoms with E-state index in [2.05, 4.69) is 20.2 Å². The Morgan fingerprint density at radius 1 is 1.23 bits per heavy atom. The molecule has 0 bridgehead atoms. The average molecular weight is 376 g/mol. The fraction of sp³-hybridized carbons (Fsp3) is 0.389. The van der Waals surface area contributed by atoms with Crippen LogP contribution in [0.2, 0.25) is 5.02 Å². The quantitative estimate of drug-likeness (QED) is 0.834. The summed E-state index contributed by atoms with van der Waals surface area (Å²) in [6.45, 7) is 5.43. The van der Waals surface area contributed by atoms with Gasteiger partial charge in [0.2, 0.25) is 5.95 Å². The van der Waals surface area contributed by atoms with Crippen molar-refractivity contribution in [3.05, 3.63) is 51.4 Å². The zero-order valence-electron chi connectivity index (χ0n) is 14.7. The molecule has 7 nitrogen and oxygen atoms in total. The summed E-state index contributed by atoms with van der Waals surface area (Å²) in [6.07, 6.45) is 2.16. The van der Waals surface area contributed by atoms with Crippen molar-refractivity contribution in [3.8, 4) is 0 Å². The number of para-hydroxylation sites is 1. The first kappa shape index (κ1) is 18.3. The molecule has 1 aliphatic heterocycles. The molecule has 138 valence electrons. The standard InChI is InChI=1S/C18H22ClN5O2/c1-2-7-20-16(25)13-12-21-18(22-17(13)26)24-10-8-23(9-11-24)15-6-4-3-5-14(15)19/h3-6,12H,2,7-11H2,1H3,(H,20,25)(H,21,22,26). The van der Waals surface area contributed by atoms with Crippen molar-refractivity contribution in [2.24, 2.45) is 0 Å². The molecule has 2 N–H and O–H groups in total. The minimum atomic E-state index is -0.419. The molecular weight excluding hydrogens is 354 g/mol. The normalized spacial score (nSPS) is 14.4. The maximum atomic E-state index is 12.2. The molecule has 26 heavy (non-hydrogen) atoms. The molecule has 8 heteroatoms. The van der Waals surface area contributed by atoms with Crippen LogP contribution in [0.4, 0.5) is 11.6 Å². The fourth-order valence-electron chi connectivity index (χ4n) is 2.91. The van der Waals surface area contributed by atoms with E-state index in [0.717, 1.165) is 30.2 Å². The third kappa shape index (κ3) is 3.99. The zero-order chi connectivity index (χ0) is 18.5. The molecule has 1 aromatic carbocycles. The summed E-state index contributed by atoms with van der Waals surface area (Å²) in [5.41, 5.74) is 0.632. The smallest absolute Gasteiger partial charge is 0.265 e. The summed E-state index contributed by atoms with van der Waals surface area (Å²) in [6, 6.07) is 7.76. The minimum absolute atomic E-state index is 0.0388. The van der Waals surface area contributed by atoms with Crippen molar-refractivity contribution in [1.29, 1.82) is 0 Å². The molecule has 1 saturated heterocycles. The van der Waals surface area contributed by atoms with E-state index in [1.807, 2.05) is 36.1 Å². The molecule has 0 saturated carbocycles. The number of aromatic nitrogens is 2. The lowest BCUT2D eigenvalue weighted by Crippen LogP contribution is -2.47. The van der Waals surface area contributed by atoms with Gasteiger partial charge in [-0.05, 0) is 18.6 Å². The molecule has 0 radical (unpaired) electrons. The maximum absolute atomic E-state index is 12.2. The highest BCUT2D eigenvalue weighted by atomic mass is 35.5. The summed E-state index contributed by atoms with van der Waals surface area (Å²) in [5.74, 6) is 0.0940. The van der Waals surface area contributed by atoms with Gasteiger partial charge in [-0.25, -0.2) is 4.98 Å². The number of hydrogen-bond donors (Lipinski definition) is 2. The van der Waals surface area contributed by atoms with Gasteiger partial charge in [-0.3, -0.25) is 14.6 Å². The molecule has 1 amide bonds. The van der Waals surface area contributed by atoms with Crippen molar-refractivity contribution < 1.29 is 4.79 Å². The number of rotatable bonds is 5. The molecule has 3 rings (SSSR count). The second-order valence-electron chi connectivity index (χ2n) is 6.13. The first-order valence-electron chi connectivity index (χ1n) is 8.72. The number of amides is 1. The molecule has 2 aromatic rings. The Labute approximate surface area is 157 Å². The van der Waals surface area contributed by atoms with Crippen LogP contribution in [0.15, 0.2) is 35.3 Å². The zero-order valence-corrected chi connectivity index (χ0v) is 15.4. The number of aromatic amines is 1. The van der Waals surface area contributed by atoms with Crippen LogP contribution in [0.3, 0.4) is 0 Å². The Morgan fingerprint density at radius 2 is 1.92 bits per heavy atom. The van der Waals surface area contributed by atoms with Gasteiger partial charge in [0.25, 0.3) is 11.5 Å². The van der Waals surface area contributed by atoms with Crippen molar-refractivity contribution in [2.75, 3.05) is 42.5 Å². The Bertz CT molecular complexity index is 830. The average Bonchev–Trinajstić information content (AvgIpc) is 2.66. The monoisotopic (exact) mass is 375 g/mol.